The van der Waals surface area contributed by atoms with Gasteiger partial charge in [-0.2, -0.15) is 0 Å². The second kappa shape index (κ2) is 7.92. The van der Waals surface area contributed by atoms with Crippen LogP contribution in [0.2, 0.25) is 0 Å². The zero-order valence-corrected chi connectivity index (χ0v) is 10.4. The summed E-state index contributed by atoms with van der Waals surface area (Å²) < 4.78 is 0. The third kappa shape index (κ3) is 4.97. The van der Waals surface area contributed by atoms with Gasteiger partial charge in [0, 0.05) is 0 Å². The molecule has 0 amide bonds. The van der Waals surface area contributed by atoms with Crippen molar-refractivity contribution in [1.29, 1.82) is 0 Å². The standard InChI is InChI=1S/C16H22/c1-3-10-15(4-2)11-8-9-14-16-12-6-5-7-13-16/h3-7,10,12-13H,8-9,11,14H2,1-2H3/b10-3-,15-4+. The van der Waals surface area contributed by atoms with Gasteiger partial charge in [-0.15, -0.1) is 0 Å². The Kier molecular flexibility index (Phi) is 6.32. The highest BCUT2D eigenvalue weighted by atomic mass is 14.0. The van der Waals surface area contributed by atoms with Crippen molar-refractivity contribution in [3.05, 3.63) is 59.7 Å². The predicted molar refractivity (Wildman–Crippen MR) is 72.6 cm³/mol. The molecule has 0 unspecified atom stereocenters. The van der Waals surface area contributed by atoms with Crippen LogP contribution in [0.5, 0.6) is 0 Å². The lowest BCUT2D eigenvalue weighted by atomic mass is 10.0. The van der Waals surface area contributed by atoms with E-state index in [-0.39, 0.29) is 0 Å². The minimum atomic E-state index is 1.20. The molecule has 0 atom stereocenters. The van der Waals surface area contributed by atoms with Crippen LogP contribution in [0.3, 0.4) is 0 Å². The van der Waals surface area contributed by atoms with Crippen molar-refractivity contribution in [3.63, 3.8) is 0 Å². The summed E-state index contributed by atoms with van der Waals surface area (Å²) in [5.74, 6) is 0. The van der Waals surface area contributed by atoms with E-state index in [0.717, 1.165) is 0 Å². The fourth-order valence-corrected chi connectivity index (χ4v) is 1.84. The van der Waals surface area contributed by atoms with E-state index in [9.17, 15) is 0 Å². The van der Waals surface area contributed by atoms with E-state index in [1.807, 2.05) is 0 Å². The third-order valence-electron chi connectivity index (χ3n) is 2.78. The summed E-state index contributed by atoms with van der Waals surface area (Å²) in [5, 5.41) is 0. The van der Waals surface area contributed by atoms with Gasteiger partial charge in [0.25, 0.3) is 0 Å². The van der Waals surface area contributed by atoms with E-state index in [1.165, 1.54) is 36.8 Å². The van der Waals surface area contributed by atoms with Crippen LogP contribution < -0.4 is 0 Å². The normalized spacial score (nSPS) is 12.2. The van der Waals surface area contributed by atoms with Gasteiger partial charge in [-0.05, 0) is 45.1 Å². The molecule has 0 bridgehead atoms. The molecule has 0 N–H and O–H groups in total. The van der Waals surface area contributed by atoms with Crippen LogP contribution in [-0.4, -0.2) is 0 Å². The van der Waals surface area contributed by atoms with E-state index in [4.69, 9.17) is 0 Å². The summed E-state index contributed by atoms with van der Waals surface area (Å²) >= 11 is 0. The first-order valence-electron chi connectivity index (χ1n) is 6.18. The van der Waals surface area contributed by atoms with E-state index in [1.54, 1.807) is 0 Å². The Bertz CT molecular complexity index is 330. The molecule has 1 rings (SSSR count). The van der Waals surface area contributed by atoms with Crippen molar-refractivity contribution >= 4 is 0 Å². The first kappa shape index (κ1) is 12.8. The molecule has 86 valence electrons. The number of unbranched alkanes of at least 4 members (excludes halogenated alkanes) is 1. The van der Waals surface area contributed by atoms with Gasteiger partial charge in [0.2, 0.25) is 0 Å². The summed E-state index contributed by atoms with van der Waals surface area (Å²) in [4.78, 5) is 0. The Balaban J connectivity index is 2.22. The largest absolute Gasteiger partial charge is 0.0874 e. The highest BCUT2D eigenvalue weighted by Crippen LogP contribution is 2.11. The van der Waals surface area contributed by atoms with Gasteiger partial charge in [-0.1, -0.05) is 54.1 Å². The molecular weight excluding hydrogens is 192 g/mol. The zero-order chi connectivity index (χ0) is 11.6. The molecule has 0 nitrogen and oxygen atoms in total. The molecule has 0 spiro atoms. The van der Waals surface area contributed by atoms with Gasteiger partial charge >= 0.3 is 0 Å². The van der Waals surface area contributed by atoms with Crippen molar-refractivity contribution in [2.24, 2.45) is 0 Å². The highest BCUT2D eigenvalue weighted by Gasteiger charge is 1.94. The van der Waals surface area contributed by atoms with E-state index < -0.39 is 0 Å². The summed E-state index contributed by atoms with van der Waals surface area (Å²) in [7, 11) is 0. The fraction of sp³-hybridized carbons (Fsp3) is 0.375. The van der Waals surface area contributed by atoms with Crippen molar-refractivity contribution in [2.75, 3.05) is 0 Å². The van der Waals surface area contributed by atoms with Crippen LogP contribution >= 0.6 is 0 Å². The Morgan fingerprint density at radius 3 is 2.44 bits per heavy atom. The first-order chi connectivity index (χ1) is 7.86. The quantitative estimate of drug-likeness (QED) is 0.465. The molecule has 0 saturated heterocycles. The molecular formula is C16H22. The second-order valence-electron chi connectivity index (χ2n) is 4.06. The lowest BCUT2D eigenvalue weighted by Gasteiger charge is -2.02. The number of hydrogen-bond acceptors (Lipinski definition) is 0. The van der Waals surface area contributed by atoms with E-state index >= 15 is 0 Å². The van der Waals surface area contributed by atoms with Crippen LogP contribution in [0, 0.1) is 0 Å². The number of rotatable bonds is 6. The monoisotopic (exact) mass is 214 g/mol. The molecule has 0 aromatic heterocycles. The molecule has 16 heavy (non-hydrogen) atoms. The lowest BCUT2D eigenvalue weighted by molar-refractivity contribution is 0.736. The molecule has 0 saturated carbocycles. The smallest absolute Gasteiger partial charge is 0.0279 e. The number of allylic oxidation sites excluding steroid dienone is 4. The van der Waals surface area contributed by atoms with Crippen molar-refractivity contribution in [3.8, 4) is 0 Å². The van der Waals surface area contributed by atoms with Crippen molar-refractivity contribution < 1.29 is 0 Å². The van der Waals surface area contributed by atoms with E-state index in [2.05, 4.69) is 62.4 Å². The van der Waals surface area contributed by atoms with Crippen LogP contribution in [-0.2, 0) is 6.42 Å². The van der Waals surface area contributed by atoms with Crippen LogP contribution in [0.1, 0.15) is 38.7 Å². The number of hydrogen-bond donors (Lipinski definition) is 0. The molecule has 0 radical (unpaired) electrons. The molecule has 0 heterocycles. The number of benzene rings is 1. The van der Waals surface area contributed by atoms with Gasteiger partial charge in [0.1, 0.15) is 0 Å². The summed E-state index contributed by atoms with van der Waals surface area (Å²) in [6, 6.07) is 10.7. The maximum Gasteiger partial charge on any atom is -0.0279 e. The highest BCUT2D eigenvalue weighted by molar-refractivity contribution is 5.17. The topological polar surface area (TPSA) is 0 Å². The maximum absolute atomic E-state index is 2.21. The lowest BCUT2D eigenvalue weighted by Crippen LogP contribution is -1.86. The van der Waals surface area contributed by atoms with Crippen molar-refractivity contribution in [1.82, 2.24) is 0 Å². The third-order valence-corrected chi connectivity index (χ3v) is 2.78. The summed E-state index contributed by atoms with van der Waals surface area (Å²) in [6.07, 6.45) is 11.5. The Hall–Kier alpha value is -1.30. The van der Waals surface area contributed by atoms with Crippen LogP contribution in [0.25, 0.3) is 0 Å². The Labute approximate surface area is 99.7 Å². The SMILES string of the molecule is C/C=C\C(=C/C)CCCCc1ccccc1. The summed E-state index contributed by atoms with van der Waals surface area (Å²) in [6.45, 7) is 4.19. The zero-order valence-electron chi connectivity index (χ0n) is 10.4. The maximum atomic E-state index is 2.21. The molecule has 0 aliphatic heterocycles. The van der Waals surface area contributed by atoms with Gasteiger partial charge in [-0.3, -0.25) is 0 Å². The number of aryl methyl sites for hydroxylation is 1. The Morgan fingerprint density at radius 1 is 1.06 bits per heavy atom. The molecule has 1 aromatic carbocycles. The molecule has 0 aliphatic rings. The van der Waals surface area contributed by atoms with Crippen LogP contribution in [0.15, 0.2) is 54.1 Å². The van der Waals surface area contributed by atoms with Gasteiger partial charge in [0.15, 0.2) is 0 Å². The minimum absolute atomic E-state index is 1.20. The predicted octanol–water partition coefficient (Wildman–Crippen LogP) is 4.92. The molecule has 0 heteroatoms. The van der Waals surface area contributed by atoms with Crippen LogP contribution in [0.4, 0.5) is 0 Å². The van der Waals surface area contributed by atoms with Gasteiger partial charge in [0.05, 0.1) is 0 Å². The average molecular weight is 214 g/mol. The second-order valence-corrected chi connectivity index (χ2v) is 4.06. The van der Waals surface area contributed by atoms with E-state index in [0.29, 0.717) is 0 Å². The van der Waals surface area contributed by atoms with Crippen molar-refractivity contribution in [2.45, 2.75) is 39.5 Å². The summed E-state index contributed by atoms with van der Waals surface area (Å²) in [5.41, 5.74) is 2.91. The molecule has 0 aliphatic carbocycles. The molecule has 0 fully saturated rings. The minimum Gasteiger partial charge on any atom is -0.0874 e. The first-order valence-corrected chi connectivity index (χ1v) is 6.18. The average Bonchev–Trinajstić information content (AvgIpc) is 2.34. The molecule has 1 aromatic rings. The van der Waals surface area contributed by atoms with Gasteiger partial charge < -0.3 is 0 Å². The fourth-order valence-electron chi connectivity index (χ4n) is 1.84. The Morgan fingerprint density at radius 2 is 1.81 bits per heavy atom. The van der Waals surface area contributed by atoms with Gasteiger partial charge in [-0.25, -0.2) is 0 Å².